The summed E-state index contributed by atoms with van der Waals surface area (Å²) in [6.45, 7) is 1.53. The van der Waals surface area contributed by atoms with Crippen LogP contribution < -0.4 is 21.7 Å². The Hall–Kier alpha value is -2.94. The van der Waals surface area contributed by atoms with Crippen LogP contribution in [0.25, 0.3) is 0 Å². The number of anilines is 1. The third kappa shape index (κ3) is 4.30. The van der Waals surface area contributed by atoms with Gasteiger partial charge in [0.25, 0.3) is 5.91 Å². The number of carbonyl (C=O) groups is 4. The number of nitrogens with zero attached hydrogens (tertiary/aromatic N) is 1. The maximum absolute atomic E-state index is 12.8. The molecule has 0 spiro atoms. The molecule has 28 heavy (non-hydrogen) atoms. The van der Waals surface area contributed by atoms with E-state index < -0.39 is 11.9 Å². The predicted octanol–water partition coefficient (Wildman–Crippen LogP) is -0.285. The Kier molecular flexibility index (Phi) is 6.25. The van der Waals surface area contributed by atoms with E-state index >= 15 is 0 Å². The highest BCUT2D eigenvalue weighted by atomic mass is 16.2. The highest BCUT2D eigenvalue weighted by Crippen LogP contribution is 2.32. The maximum Gasteiger partial charge on any atom is 0.255 e. The van der Waals surface area contributed by atoms with Crippen LogP contribution in [-0.2, 0) is 20.9 Å². The monoisotopic (exact) mass is 387 g/mol. The number of rotatable bonds is 8. The zero-order valence-electron chi connectivity index (χ0n) is 15.6. The van der Waals surface area contributed by atoms with Crippen LogP contribution in [0.3, 0.4) is 0 Å². The number of benzene rings is 1. The second-order valence-corrected chi connectivity index (χ2v) is 6.93. The Labute approximate surface area is 163 Å². The number of hydrogen-bond acceptors (Lipinski definition) is 6. The van der Waals surface area contributed by atoms with E-state index in [0.717, 1.165) is 18.4 Å². The highest BCUT2D eigenvalue weighted by Gasteiger charge is 2.39. The number of unbranched alkanes of at least 4 members (excludes halogenated alkanes) is 1. The van der Waals surface area contributed by atoms with Crippen LogP contribution in [0, 0.1) is 0 Å². The summed E-state index contributed by atoms with van der Waals surface area (Å²) < 4.78 is 0. The first kappa shape index (κ1) is 19.8. The molecule has 0 aromatic heterocycles. The molecule has 0 bridgehead atoms. The van der Waals surface area contributed by atoms with Crippen molar-refractivity contribution in [1.82, 2.24) is 15.5 Å². The van der Waals surface area contributed by atoms with Crippen LogP contribution in [-0.4, -0.2) is 54.2 Å². The Balaban J connectivity index is 1.63. The summed E-state index contributed by atoms with van der Waals surface area (Å²) in [5.74, 6) is -1.13. The third-order valence-electron chi connectivity index (χ3n) is 4.97. The van der Waals surface area contributed by atoms with E-state index in [0.29, 0.717) is 30.8 Å². The molecular formula is C19H25N5O4. The van der Waals surface area contributed by atoms with Crippen molar-refractivity contribution in [2.24, 2.45) is 5.73 Å². The lowest BCUT2D eigenvalue weighted by atomic mass is 10.0. The molecular weight excluding hydrogens is 362 g/mol. The van der Waals surface area contributed by atoms with Gasteiger partial charge in [0.05, 0.1) is 6.54 Å². The predicted molar refractivity (Wildman–Crippen MR) is 102 cm³/mol. The first-order valence-corrected chi connectivity index (χ1v) is 9.48. The molecule has 5 N–H and O–H groups in total. The van der Waals surface area contributed by atoms with E-state index in [1.165, 1.54) is 4.90 Å². The van der Waals surface area contributed by atoms with E-state index in [1.54, 1.807) is 12.1 Å². The van der Waals surface area contributed by atoms with Crippen LogP contribution in [0.4, 0.5) is 5.69 Å². The van der Waals surface area contributed by atoms with Gasteiger partial charge in [-0.2, -0.15) is 0 Å². The maximum atomic E-state index is 12.8. The quantitative estimate of drug-likeness (QED) is 0.358. The Morgan fingerprint density at radius 2 is 2.07 bits per heavy atom. The van der Waals surface area contributed by atoms with Crippen molar-refractivity contribution in [3.05, 3.63) is 29.3 Å². The molecule has 2 heterocycles. The SMILES string of the molecule is NCCCCNC(=O)CNc1cccc2c1CN(C1CCC(=O)NC1=O)C2=O. The summed E-state index contributed by atoms with van der Waals surface area (Å²) in [6, 6.07) is 4.60. The second kappa shape index (κ2) is 8.83. The van der Waals surface area contributed by atoms with Crippen LogP contribution >= 0.6 is 0 Å². The fourth-order valence-corrected chi connectivity index (χ4v) is 3.49. The number of nitrogens with two attached hydrogens (primary N) is 1. The van der Waals surface area contributed by atoms with E-state index in [-0.39, 0.29) is 37.2 Å². The van der Waals surface area contributed by atoms with Crippen molar-refractivity contribution in [2.45, 2.75) is 38.3 Å². The molecule has 0 saturated carbocycles. The van der Waals surface area contributed by atoms with Gasteiger partial charge in [-0.15, -0.1) is 0 Å². The van der Waals surface area contributed by atoms with Crippen molar-refractivity contribution in [2.75, 3.05) is 25.0 Å². The van der Waals surface area contributed by atoms with Gasteiger partial charge in [-0.05, 0) is 37.9 Å². The van der Waals surface area contributed by atoms with E-state index in [1.807, 2.05) is 6.07 Å². The molecule has 1 saturated heterocycles. The molecule has 1 aromatic rings. The standard InChI is InChI=1S/C19H25N5O4/c20-8-1-2-9-21-17(26)10-22-14-5-3-4-12-13(14)11-24(19(12)28)15-6-7-16(25)23-18(15)27/h3-5,15,22H,1-2,6-11,20H2,(H,21,26)(H,23,25,27). The summed E-state index contributed by atoms with van der Waals surface area (Å²) in [5, 5.41) is 8.18. The summed E-state index contributed by atoms with van der Waals surface area (Å²) in [7, 11) is 0. The Bertz CT molecular complexity index is 795. The molecule has 4 amide bonds. The van der Waals surface area contributed by atoms with Gasteiger partial charge in [-0.25, -0.2) is 0 Å². The van der Waals surface area contributed by atoms with Crippen molar-refractivity contribution >= 4 is 29.3 Å². The largest absolute Gasteiger partial charge is 0.376 e. The molecule has 0 radical (unpaired) electrons. The minimum Gasteiger partial charge on any atom is -0.376 e. The lowest BCUT2D eigenvalue weighted by molar-refractivity contribution is -0.137. The van der Waals surface area contributed by atoms with Gasteiger partial charge in [0.2, 0.25) is 17.7 Å². The van der Waals surface area contributed by atoms with Gasteiger partial charge < -0.3 is 21.3 Å². The van der Waals surface area contributed by atoms with E-state index in [4.69, 9.17) is 5.73 Å². The van der Waals surface area contributed by atoms with Crippen molar-refractivity contribution in [3.63, 3.8) is 0 Å². The zero-order chi connectivity index (χ0) is 20.1. The van der Waals surface area contributed by atoms with Crippen LogP contribution in [0.2, 0.25) is 0 Å². The van der Waals surface area contributed by atoms with Crippen LogP contribution in [0.5, 0.6) is 0 Å². The van der Waals surface area contributed by atoms with Gasteiger partial charge in [-0.1, -0.05) is 6.07 Å². The van der Waals surface area contributed by atoms with Crippen molar-refractivity contribution in [1.29, 1.82) is 0 Å². The fourth-order valence-electron chi connectivity index (χ4n) is 3.49. The smallest absolute Gasteiger partial charge is 0.255 e. The Morgan fingerprint density at radius 1 is 1.25 bits per heavy atom. The number of nitrogens with one attached hydrogen (secondary N) is 3. The number of hydrogen-bond donors (Lipinski definition) is 4. The van der Waals surface area contributed by atoms with Gasteiger partial charge in [0, 0.05) is 36.3 Å². The highest BCUT2D eigenvalue weighted by molar-refractivity contribution is 6.06. The molecule has 150 valence electrons. The minimum atomic E-state index is -0.656. The van der Waals surface area contributed by atoms with Crippen LogP contribution in [0.1, 0.15) is 41.6 Å². The molecule has 3 rings (SSSR count). The molecule has 2 aliphatic heterocycles. The first-order chi connectivity index (χ1) is 13.5. The van der Waals surface area contributed by atoms with Crippen molar-refractivity contribution in [3.8, 4) is 0 Å². The second-order valence-electron chi connectivity index (χ2n) is 6.93. The zero-order valence-corrected chi connectivity index (χ0v) is 15.6. The van der Waals surface area contributed by atoms with Gasteiger partial charge in [-0.3, -0.25) is 24.5 Å². The first-order valence-electron chi connectivity index (χ1n) is 9.48. The van der Waals surface area contributed by atoms with Crippen molar-refractivity contribution < 1.29 is 19.2 Å². The molecule has 9 heteroatoms. The minimum absolute atomic E-state index is 0.0890. The molecule has 0 aliphatic carbocycles. The summed E-state index contributed by atoms with van der Waals surface area (Å²) >= 11 is 0. The number of carbonyl (C=O) groups excluding carboxylic acids is 4. The lowest BCUT2D eigenvalue weighted by Crippen LogP contribution is -2.52. The lowest BCUT2D eigenvalue weighted by Gasteiger charge is -2.29. The Morgan fingerprint density at radius 3 is 2.82 bits per heavy atom. The molecule has 1 fully saturated rings. The van der Waals surface area contributed by atoms with E-state index in [9.17, 15) is 19.2 Å². The average Bonchev–Trinajstić information content (AvgIpc) is 3.01. The molecule has 1 aromatic carbocycles. The fraction of sp³-hybridized carbons (Fsp3) is 0.474. The summed E-state index contributed by atoms with van der Waals surface area (Å²) in [6.07, 6.45) is 2.22. The molecule has 9 nitrogen and oxygen atoms in total. The molecule has 1 atom stereocenters. The molecule has 2 aliphatic rings. The van der Waals surface area contributed by atoms with Gasteiger partial charge >= 0.3 is 0 Å². The average molecular weight is 387 g/mol. The number of piperidine rings is 1. The van der Waals surface area contributed by atoms with Crippen LogP contribution in [0.15, 0.2) is 18.2 Å². The molecule has 1 unspecified atom stereocenters. The summed E-state index contributed by atoms with van der Waals surface area (Å²) in [5.41, 5.74) is 7.39. The summed E-state index contributed by atoms with van der Waals surface area (Å²) in [4.78, 5) is 49.7. The topological polar surface area (TPSA) is 134 Å². The number of imide groups is 1. The van der Waals surface area contributed by atoms with E-state index in [2.05, 4.69) is 16.0 Å². The normalized spacial score (nSPS) is 18.7. The third-order valence-corrected chi connectivity index (χ3v) is 4.97. The number of amides is 4. The van der Waals surface area contributed by atoms with Gasteiger partial charge in [0.1, 0.15) is 6.04 Å². The van der Waals surface area contributed by atoms with Gasteiger partial charge in [0.15, 0.2) is 0 Å². The number of fused-ring (bicyclic) bond motifs is 1.